The molecular weight excluding hydrogens is 216 g/mol. The number of halogens is 1. The minimum Gasteiger partial charge on any atom is -0.475 e. The highest BCUT2D eigenvalue weighted by Gasteiger charge is 2.15. The number of carboxylic acids is 1. The van der Waals surface area contributed by atoms with Crippen LogP contribution >= 0.6 is 11.6 Å². The number of hydrogen-bond acceptors (Lipinski definition) is 2. The molecule has 2 aromatic rings. The average Bonchev–Trinajstić information content (AvgIpc) is 2.55. The maximum atomic E-state index is 10.9. The van der Waals surface area contributed by atoms with E-state index in [9.17, 15) is 4.79 Å². The molecular formula is C10H9ClN2O2. The lowest BCUT2D eigenvalue weighted by atomic mass is 10.3. The van der Waals surface area contributed by atoms with Crippen molar-refractivity contribution in [2.24, 2.45) is 0 Å². The number of imidazole rings is 1. The quantitative estimate of drug-likeness (QED) is 0.852. The molecule has 0 atom stereocenters. The van der Waals surface area contributed by atoms with E-state index in [1.807, 2.05) is 6.92 Å². The molecule has 0 amide bonds. The summed E-state index contributed by atoms with van der Waals surface area (Å²) >= 11 is 5.85. The van der Waals surface area contributed by atoms with Gasteiger partial charge in [-0.1, -0.05) is 11.6 Å². The van der Waals surface area contributed by atoms with Crippen LogP contribution in [0.4, 0.5) is 0 Å². The van der Waals surface area contributed by atoms with Gasteiger partial charge in [-0.15, -0.1) is 0 Å². The monoisotopic (exact) mass is 224 g/mol. The number of benzene rings is 1. The summed E-state index contributed by atoms with van der Waals surface area (Å²) in [7, 11) is 0. The molecule has 2 rings (SSSR count). The van der Waals surface area contributed by atoms with Crippen LogP contribution in [0.25, 0.3) is 11.0 Å². The van der Waals surface area contributed by atoms with Gasteiger partial charge in [-0.25, -0.2) is 9.78 Å². The third kappa shape index (κ3) is 1.57. The van der Waals surface area contributed by atoms with Gasteiger partial charge >= 0.3 is 5.97 Å². The number of nitrogens with zero attached hydrogens (tertiary/aromatic N) is 2. The fourth-order valence-electron chi connectivity index (χ4n) is 1.58. The number of carboxylic acid groups (broad SMARTS) is 1. The molecule has 0 bridgehead atoms. The van der Waals surface area contributed by atoms with Gasteiger partial charge in [-0.2, -0.15) is 0 Å². The zero-order valence-electron chi connectivity index (χ0n) is 8.07. The first-order chi connectivity index (χ1) is 7.13. The molecule has 0 radical (unpaired) electrons. The van der Waals surface area contributed by atoms with E-state index < -0.39 is 5.97 Å². The molecule has 0 aliphatic heterocycles. The zero-order chi connectivity index (χ0) is 11.0. The Morgan fingerprint density at radius 1 is 1.60 bits per heavy atom. The van der Waals surface area contributed by atoms with Gasteiger partial charge < -0.3 is 9.67 Å². The van der Waals surface area contributed by atoms with Crippen molar-refractivity contribution in [3.63, 3.8) is 0 Å². The normalized spacial score (nSPS) is 10.8. The van der Waals surface area contributed by atoms with Crippen molar-refractivity contribution >= 4 is 28.6 Å². The van der Waals surface area contributed by atoms with Gasteiger partial charge in [0.25, 0.3) is 0 Å². The first-order valence-corrected chi connectivity index (χ1v) is 4.90. The van der Waals surface area contributed by atoms with Crippen LogP contribution in [0.15, 0.2) is 18.2 Å². The lowest BCUT2D eigenvalue weighted by Gasteiger charge is -2.01. The average molecular weight is 225 g/mol. The van der Waals surface area contributed by atoms with Gasteiger partial charge in [0, 0.05) is 11.6 Å². The van der Waals surface area contributed by atoms with Crippen LogP contribution in [0, 0.1) is 0 Å². The Kier molecular flexibility index (Phi) is 2.36. The van der Waals surface area contributed by atoms with E-state index in [4.69, 9.17) is 16.7 Å². The Morgan fingerprint density at radius 3 is 2.93 bits per heavy atom. The molecule has 5 heteroatoms. The maximum absolute atomic E-state index is 10.9. The molecule has 1 N–H and O–H groups in total. The van der Waals surface area contributed by atoms with Gasteiger partial charge in [0.1, 0.15) is 0 Å². The molecule has 0 unspecified atom stereocenters. The van der Waals surface area contributed by atoms with Crippen molar-refractivity contribution in [2.45, 2.75) is 13.5 Å². The molecule has 0 spiro atoms. The molecule has 15 heavy (non-hydrogen) atoms. The summed E-state index contributed by atoms with van der Waals surface area (Å²) in [6.07, 6.45) is 0. The molecule has 0 saturated carbocycles. The summed E-state index contributed by atoms with van der Waals surface area (Å²) in [5.41, 5.74) is 1.40. The van der Waals surface area contributed by atoms with Crippen molar-refractivity contribution in [1.82, 2.24) is 9.55 Å². The van der Waals surface area contributed by atoms with Crippen LogP contribution in [0.2, 0.25) is 5.02 Å². The second-order valence-corrected chi connectivity index (χ2v) is 3.55. The second-order valence-electron chi connectivity index (χ2n) is 3.12. The van der Waals surface area contributed by atoms with E-state index in [1.54, 1.807) is 22.8 Å². The summed E-state index contributed by atoms with van der Waals surface area (Å²) in [6, 6.07) is 5.14. The fraction of sp³-hybridized carbons (Fsp3) is 0.200. The number of rotatable bonds is 2. The molecule has 1 aromatic carbocycles. The van der Waals surface area contributed by atoms with Gasteiger partial charge in [-0.3, -0.25) is 0 Å². The minimum absolute atomic E-state index is 0.0507. The van der Waals surface area contributed by atoms with Crippen LogP contribution in [-0.2, 0) is 6.54 Å². The standard InChI is InChI=1S/C10H9ClN2O2/c1-2-13-8-5-6(11)3-4-7(8)12-9(13)10(14)15/h3-5H,2H2,1H3,(H,14,15). The summed E-state index contributed by atoms with van der Waals surface area (Å²) in [5, 5.41) is 9.53. The van der Waals surface area contributed by atoms with Gasteiger partial charge in [0.15, 0.2) is 0 Å². The minimum atomic E-state index is -1.02. The molecule has 0 saturated heterocycles. The fourth-order valence-corrected chi connectivity index (χ4v) is 1.75. The molecule has 0 aliphatic rings. The van der Waals surface area contributed by atoms with E-state index in [0.717, 1.165) is 5.52 Å². The topological polar surface area (TPSA) is 55.1 Å². The smallest absolute Gasteiger partial charge is 0.372 e. The summed E-state index contributed by atoms with van der Waals surface area (Å²) in [6.45, 7) is 2.42. The number of aryl methyl sites for hydroxylation is 1. The zero-order valence-corrected chi connectivity index (χ0v) is 8.82. The summed E-state index contributed by atoms with van der Waals surface area (Å²) in [4.78, 5) is 14.9. The van der Waals surface area contributed by atoms with Gasteiger partial charge in [0.2, 0.25) is 5.82 Å². The van der Waals surface area contributed by atoms with Crippen molar-refractivity contribution in [3.05, 3.63) is 29.0 Å². The number of fused-ring (bicyclic) bond motifs is 1. The molecule has 1 heterocycles. The van der Waals surface area contributed by atoms with E-state index in [0.29, 0.717) is 17.1 Å². The molecule has 78 valence electrons. The highest BCUT2D eigenvalue weighted by molar-refractivity contribution is 6.31. The lowest BCUT2D eigenvalue weighted by Crippen LogP contribution is -2.08. The first-order valence-electron chi connectivity index (χ1n) is 4.52. The molecule has 4 nitrogen and oxygen atoms in total. The van der Waals surface area contributed by atoms with Crippen LogP contribution in [-0.4, -0.2) is 20.6 Å². The van der Waals surface area contributed by atoms with E-state index >= 15 is 0 Å². The van der Waals surface area contributed by atoms with Crippen molar-refractivity contribution in [2.75, 3.05) is 0 Å². The van der Waals surface area contributed by atoms with E-state index in [1.165, 1.54) is 0 Å². The Balaban J connectivity index is 2.79. The molecule has 0 aliphatic carbocycles. The SMILES string of the molecule is CCn1c(C(=O)O)nc2ccc(Cl)cc21. The van der Waals surface area contributed by atoms with Gasteiger partial charge in [0.05, 0.1) is 11.0 Å². The Hall–Kier alpha value is -1.55. The largest absolute Gasteiger partial charge is 0.475 e. The van der Waals surface area contributed by atoms with Crippen molar-refractivity contribution in [3.8, 4) is 0 Å². The van der Waals surface area contributed by atoms with Crippen LogP contribution in [0.1, 0.15) is 17.5 Å². The predicted molar refractivity (Wildman–Crippen MR) is 57.4 cm³/mol. The van der Waals surface area contributed by atoms with Crippen LogP contribution < -0.4 is 0 Å². The Labute approximate surface area is 91.1 Å². The van der Waals surface area contributed by atoms with E-state index in [2.05, 4.69) is 4.98 Å². The van der Waals surface area contributed by atoms with Crippen molar-refractivity contribution < 1.29 is 9.90 Å². The summed E-state index contributed by atoms with van der Waals surface area (Å²) < 4.78 is 1.63. The number of carbonyl (C=O) groups is 1. The summed E-state index contributed by atoms with van der Waals surface area (Å²) in [5.74, 6) is -0.973. The maximum Gasteiger partial charge on any atom is 0.372 e. The van der Waals surface area contributed by atoms with Crippen LogP contribution in [0.5, 0.6) is 0 Å². The van der Waals surface area contributed by atoms with Crippen LogP contribution in [0.3, 0.4) is 0 Å². The van der Waals surface area contributed by atoms with Gasteiger partial charge in [-0.05, 0) is 25.1 Å². The Bertz CT molecular complexity index is 533. The van der Waals surface area contributed by atoms with E-state index in [-0.39, 0.29) is 5.82 Å². The van der Waals surface area contributed by atoms with Crippen molar-refractivity contribution in [1.29, 1.82) is 0 Å². The second kappa shape index (κ2) is 3.55. The molecule has 0 fully saturated rings. The predicted octanol–water partition coefficient (Wildman–Crippen LogP) is 2.41. The number of aromatic nitrogens is 2. The molecule has 1 aromatic heterocycles. The lowest BCUT2D eigenvalue weighted by molar-refractivity contribution is 0.0679. The number of hydrogen-bond donors (Lipinski definition) is 1. The highest BCUT2D eigenvalue weighted by Crippen LogP contribution is 2.20. The third-order valence-electron chi connectivity index (χ3n) is 2.22. The first kappa shape index (κ1) is 9.98. The Morgan fingerprint density at radius 2 is 2.33 bits per heavy atom. The third-order valence-corrected chi connectivity index (χ3v) is 2.45. The number of aromatic carboxylic acids is 1. The highest BCUT2D eigenvalue weighted by atomic mass is 35.5.